The van der Waals surface area contributed by atoms with Crippen LogP contribution in [0.3, 0.4) is 0 Å². The minimum absolute atomic E-state index is 0.487. The Morgan fingerprint density at radius 3 is 2.00 bits per heavy atom. The molecule has 1 nitrogen and oxygen atoms in total. The van der Waals surface area contributed by atoms with Crippen LogP contribution in [0.15, 0.2) is 53.9 Å². The van der Waals surface area contributed by atoms with Crippen molar-refractivity contribution in [2.45, 2.75) is 5.75 Å². The van der Waals surface area contributed by atoms with Gasteiger partial charge in [-0.3, -0.25) is 4.21 Å². The van der Waals surface area contributed by atoms with E-state index in [2.05, 4.69) is 0 Å². The Morgan fingerprint density at radius 2 is 1.42 bits per heavy atom. The van der Waals surface area contributed by atoms with E-state index in [4.69, 9.17) is 23.2 Å². The van der Waals surface area contributed by atoms with E-state index in [-0.39, 0.29) is 0 Å². The van der Waals surface area contributed by atoms with E-state index in [1.165, 1.54) is 0 Å². The minimum atomic E-state index is -1.04. The second-order valence-corrected chi connectivity index (χ2v) is 6.20. The summed E-state index contributed by atoms with van der Waals surface area (Å²) in [5, 5.41) is 3.07. The second-order valence-electron chi connectivity index (χ2n) is 4.01. The van der Waals surface area contributed by atoms with Crippen LogP contribution in [0.1, 0.15) is 11.1 Å². The Morgan fingerprint density at radius 1 is 0.895 bits per heavy atom. The van der Waals surface area contributed by atoms with Crippen LogP contribution in [0.2, 0.25) is 10.0 Å². The lowest BCUT2D eigenvalue weighted by atomic mass is 10.2. The van der Waals surface area contributed by atoms with E-state index < -0.39 is 10.8 Å². The van der Waals surface area contributed by atoms with Crippen molar-refractivity contribution in [3.63, 3.8) is 0 Å². The molecule has 0 aliphatic rings. The topological polar surface area (TPSA) is 17.1 Å². The van der Waals surface area contributed by atoms with Crippen LogP contribution in [-0.2, 0) is 16.6 Å². The standard InChI is InChI=1S/C15H12Cl2OS/c16-14-5-1-12(2-6-14)9-10-19(18)11-13-3-7-15(17)8-4-13/h1-10H,11H2/b10-9+. The van der Waals surface area contributed by atoms with E-state index in [1.54, 1.807) is 17.5 Å². The maximum atomic E-state index is 11.9. The molecule has 0 radical (unpaired) electrons. The summed E-state index contributed by atoms with van der Waals surface area (Å²) in [6.07, 6.45) is 1.84. The predicted octanol–water partition coefficient (Wildman–Crippen LogP) is 4.91. The van der Waals surface area contributed by atoms with Gasteiger partial charge in [0.1, 0.15) is 0 Å². The zero-order valence-corrected chi connectivity index (χ0v) is 12.4. The first-order chi connectivity index (χ1) is 9.13. The Bertz CT molecular complexity index is 589. The Balaban J connectivity index is 1.97. The highest BCUT2D eigenvalue weighted by Gasteiger charge is 1.98. The van der Waals surface area contributed by atoms with Gasteiger partial charge in [0.25, 0.3) is 0 Å². The lowest BCUT2D eigenvalue weighted by Crippen LogP contribution is -1.90. The molecule has 2 aromatic carbocycles. The lowest BCUT2D eigenvalue weighted by Gasteiger charge is -1.99. The fraction of sp³-hybridized carbons (Fsp3) is 0.0667. The summed E-state index contributed by atoms with van der Waals surface area (Å²) in [7, 11) is -1.04. The smallest absolute Gasteiger partial charge is 0.0526 e. The average molecular weight is 311 g/mol. The summed E-state index contributed by atoms with van der Waals surface area (Å²) in [5.41, 5.74) is 1.98. The first-order valence-electron chi connectivity index (χ1n) is 5.69. The third-order valence-electron chi connectivity index (χ3n) is 2.50. The Hall–Kier alpha value is -1.09. The number of hydrogen-bond acceptors (Lipinski definition) is 1. The molecule has 4 heteroatoms. The van der Waals surface area contributed by atoms with Gasteiger partial charge >= 0.3 is 0 Å². The first-order valence-corrected chi connectivity index (χ1v) is 7.83. The molecule has 0 saturated carbocycles. The van der Waals surface area contributed by atoms with Crippen LogP contribution >= 0.6 is 23.2 Å². The SMILES string of the molecule is O=S(/C=C/c1ccc(Cl)cc1)Cc1ccc(Cl)cc1. The fourth-order valence-corrected chi connectivity index (χ4v) is 2.70. The van der Waals surface area contributed by atoms with Gasteiger partial charge in [-0.25, -0.2) is 0 Å². The third-order valence-corrected chi connectivity index (χ3v) is 4.07. The van der Waals surface area contributed by atoms with Crippen molar-refractivity contribution >= 4 is 40.1 Å². The van der Waals surface area contributed by atoms with Crippen LogP contribution in [-0.4, -0.2) is 4.21 Å². The van der Waals surface area contributed by atoms with E-state index in [1.807, 2.05) is 42.5 Å². The summed E-state index contributed by atoms with van der Waals surface area (Å²) in [6, 6.07) is 14.8. The molecule has 19 heavy (non-hydrogen) atoms. The molecular formula is C15H12Cl2OS. The van der Waals surface area contributed by atoms with E-state index >= 15 is 0 Å². The van der Waals surface area contributed by atoms with Gasteiger partial charge in [-0.1, -0.05) is 47.5 Å². The van der Waals surface area contributed by atoms with Crippen LogP contribution in [0, 0.1) is 0 Å². The van der Waals surface area contributed by atoms with Gasteiger partial charge < -0.3 is 0 Å². The van der Waals surface area contributed by atoms with Crippen LogP contribution in [0.4, 0.5) is 0 Å². The van der Waals surface area contributed by atoms with Crippen molar-refractivity contribution in [1.29, 1.82) is 0 Å². The molecule has 0 heterocycles. The molecule has 0 fully saturated rings. The molecule has 0 aliphatic heterocycles. The summed E-state index contributed by atoms with van der Waals surface area (Å²) in [6.45, 7) is 0. The monoisotopic (exact) mass is 310 g/mol. The second kappa shape index (κ2) is 6.90. The molecule has 0 amide bonds. The summed E-state index contributed by atoms with van der Waals surface area (Å²) in [5.74, 6) is 0.487. The molecule has 1 unspecified atom stereocenters. The predicted molar refractivity (Wildman–Crippen MR) is 83.8 cm³/mol. The third kappa shape index (κ3) is 4.83. The van der Waals surface area contributed by atoms with Gasteiger partial charge in [-0.2, -0.15) is 0 Å². The molecule has 0 saturated heterocycles. The number of rotatable bonds is 4. The van der Waals surface area contributed by atoms with E-state index in [0.29, 0.717) is 15.8 Å². The van der Waals surface area contributed by atoms with Gasteiger partial charge in [0.05, 0.1) is 16.6 Å². The zero-order chi connectivity index (χ0) is 13.7. The average Bonchev–Trinajstić information content (AvgIpc) is 2.41. The molecule has 1 atom stereocenters. The summed E-state index contributed by atoms with van der Waals surface area (Å²) in [4.78, 5) is 0. The molecule has 0 aliphatic carbocycles. The lowest BCUT2D eigenvalue weighted by molar-refractivity contribution is 0.688. The number of halogens is 2. The van der Waals surface area contributed by atoms with Gasteiger partial charge in [0.15, 0.2) is 0 Å². The highest BCUT2D eigenvalue weighted by atomic mass is 35.5. The van der Waals surface area contributed by atoms with Gasteiger partial charge in [0, 0.05) is 15.5 Å². The van der Waals surface area contributed by atoms with Crippen molar-refractivity contribution in [3.8, 4) is 0 Å². The maximum absolute atomic E-state index is 11.9. The number of hydrogen-bond donors (Lipinski definition) is 0. The van der Waals surface area contributed by atoms with Crippen LogP contribution in [0.25, 0.3) is 6.08 Å². The van der Waals surface area contributed by atoms with Gasteiger partial charge in [-0.05, 0) is 41.5 Å². The molecule has 0 bridgehead atoms. The maximum Gasteiger partial charge on any atom is 0.0526 e. The normalized spacial score (nSPS) is 12.7. The number of benzene rings is 2. The molecule has 2 rings (SSSR count). The van der Waals surface area contributed by atoms with Gasteiger partial charge in [-0.15, -0.1) is 0 Å². The summed E-state index contributed by atoms with van der Waals surface area (Å²) >= 11 is 11.6. The van der Waals surface area contributed by atoms with Crippen LogP contribution < -0.4 is 0 Å². The molecule has 2 aromatic rings. The van der Waals surface area contributed by atoms with Crippen molar-refractivity contribution in [1.82, 2.24) is 0 Å². The van der Waals surface area contributed by atoms with Crippen molar-refractivity contribution in [2.75, 3.05) is 0 Å². The molecular weight excluding hydrogens is 299 g/mol. The van der Waals surface area contributed by atoms with Gasteiger partial charge in [0.2, 0.25) is 0 Å². The molecule has 0 N–H and O–H groups in total. The van der Waals surface area contributed by atoms with Crippen molar-refractivity contribution in [2.24, 2.45) is 0 Å². The van der Waals surface area contributed by atoms with E-state index in [9.17, 15) is 4.21 Å². The first kappa shape index (κ1) is 14.3. The fourth-order valence-electron chi connectivity index (χ4n) is 1.52. The van der Waals surface area contributed by atoms with E-state index in [0.717, 1.165) is 11.1 Å². The Labute approximate surface area is 125 Å². The molecule has 0 spiro atoms. The van der Waals surface area contributed by atoms with Crippen molar-refractivity contribution in [3.05, 3.63) is 75.1 Å². The molecule has 98 valence electrons. The summed E-state index contributed by atoms with van der Waals surface area (Å²) < 4.78 is 11.9. The van der Waals surface area contributed by atoms with Crippen LogP contribution in [0.5, 0.6) is 0 Å². The Kier molecular flexibility index (Phi) is 5.20. The molecule has 0 aromatic heterocycles. The highest BCUT2D eigenvalue weighted by molar-refractivity contribution is 7.87. The highest BCUT2D eigenvalue weighted by Crippen LogP contribution is 2.13. The largest absolute Gasteiger partial charge is 0.255 e. The quantitative estimate of drug-likeness (QED) is 0.784. The zero-order valence-electron chi connectivity index (χ0n) is 10.1. The van der Waals surface area contributed by atoms with Crippen molar-refractivity contribution < 1.29 is 4.21 Å². The minimum Gasteiger partial charge on any atom is -0.255 e.